The molecule has 1 N–H and O–H groups in total. The predicted molar refractivity (Wildman–Crippen MR) is 118 cm³/mol. The summed E-state index contributed by atoms with van der Waals surface area (Å²) in [5.74, 6) is 1.88. The molecule has 0 radical (unpaired) electrons. The second-order valence-electron chi connectivity index (χ2n) is 5.87. The highest BCUT2D eigenvalue weighted by Crippen LogP contribution is 2.16. The molecule has 0 unspecified atom stereocenters. The molecule has 2 rings (SSSR count). The van der Waals surface area contributed by atoms with Crippen LogP contribution in [0.2, 0.25) is 5.02 Å². The first-order valence-corrected chi connectivity index (χ1v) is 9.13. The Morgan fingerprint density at radius 3 is 2.77 bits per heavy atom. The fourth-order valence-corrected chi connectivity index (χ4v) is 2.71. The largest absolute Gasteiger partial charge is 0.354 e. The normalized spacial score (nSPS) is 11.2. The molecule has 6 nitrogen and oxygen atoms in total. The lowest BCUT2D eigenvalue weighted by atomic mass is 10.2. The van der Waals surface area contributed by atoms with Crippen LogP contribution in [0.4, 0.5) is 0 Å². The monoisotopic (exact) mass is 490 g/mol. The summed E-state index contributed by atoms with van der Waals surface area (Å²) in [4.78, 5) is 6.78. The average molecular weight is 491 g/mol. The molecule has 0 bridgehead atoms. The minimum Gasteiger partial charge on any atom is -0.354 e. The van der Waals surface area contributed by atoms with Crippen LogP contribution < -0.4 is 5.32 Å². The van der Waals surface area contributed by atoms with Crippen molar-refractivity contribution in [3.05, 3.63) is 47.0 Å². The van der Waals surface area contributed by atoms with Crippen molar-refractivity contribution in [2.45, 2.75) is 39.8 Å². The summed E-state index contributed by atoms with van der Waals surface area (Å²) in [5, 5.41) is 12.3. The molecule has 0 saturated carbocycles. The molecule has 2 aromatic rings. The number of guanidine groups is 1. The molecule has 0 spiro atoms. The molecule has 144 valence electrons. The highest BCUT2D eigenvalue weighted by Gasteiger charge is 2.09. The smallest absolute Gasteiger partial charge is 0.194 e. The first-order chi connectivity index (χ1) is 12.2. The van der Waals surface area contributed by atoms with Crippen LogP contribution in [0.25, 0.3) is 0 Å². The van der Waals surface area contributed by atoms with Gasteiger partial charge in [-0.05, 0) is 18.1 Å². The van der Waals surface area contributed by atoms with Crippen LogP contribution in [-0.2, 0) is 19.5 Å². The van der Waals surface area contributed by atoms with E-state index in [4.69, 9.17) is 11.6 Å². The minimum atomic E-state index is 0. The van der Waals surface area contributed by atoms with Crippen molar-refractivity contribution in [3.8, 4) is 0 Å². The molecule has 0 aliphatic rings. The second kappa shape index (κ2) is 12.1. The summed E-state index contributed by atoms with van der Waals surface area (Å²) in [7, 11) is 2.03. The zero-order chi connectivity index (χ0) is 18.1. The number of benzene rings is 1. The first-order valence-electron chi connectivity index (χ1n) is 8.75. The predicted octanol–water partition coefficient (Wildman–Crippen LogP) is 3.60. The van der Waals surface area contributed by atoms with Crippen LogP contribution in [0.5, 0.6) is 0 Å². The number of nitrogens with zero attached hydrogens (tertiary/aromatic N) is 5. The van der Waals surface area contributed by atoms with Gasteiger partial charge in [-0.1, -0.05) is 43.6 Å². The molecule has 1 aromatic carbocycles. The Morgan fingerprint density at radius 1 is 1.31 bits per heavy atom. The fourth-order valence-electron chi connectivity index (χ4n) is 2.51. The van der Waals surface area contributed by atoms with Crippen LogP contribution in [0.1, 0.15) is 31.7 Å². The van der Waals surface area contributed by atoms with E-state index in [2.05, 4.69) is 43.8 Å². The maximum Gasteiger partial charge on any atom is 0.194 e. The van der Waals surface area contributed by atoms with Gasteiger partial charge in [-0.25, -0.2) is 0 Å². The molecular weight excluding hydrogens is 463 g/mol. The van der Waals surface area contributed by atoms with E-state index in [0.29, 0.717) is 6.54 Å². The number of halogens is 2. The molecule has 0 saturated heterocycles. The number of aromatic nitrogens is 3. The summed E-state index contributed by atoms with van der Waals surface area (Å²) in [6.45, 7) is 7.28. The zero-order valence-corrected chi connectivity index (χ0v) is 18.7. The van der Waals surface area contributed by atoms with Crippen LogP contribution >= 0.6 is 35.6 Å². The third-order valence-electron chi connectivity index (χ3n) is 3.86. The molecule has 1 heterocycles. The van der Waals surface area contributed by atoms with Gasteiger partial charge in [0.15, 0.2) is 5.96 Å². The molecule has 0 aliphatic carbocycles. The summed E-state index contributed by atoms with van der Waals surface area (Å²) >= 11 is 6.28. The number of hydrogen-bond donors (Lipinski definition) is 1. The van der Waals surface area contributed by atoms with E-state index in [1.54, 1.807) is 6.33 Å². The maximum atomic E-state index is 6.28. The van der Waals surface area contributed by atoms with Crippen LogP contribution in [0, 0.1) is 0 Å². The molecular formula is C18H28ClIN6. The van der Waals surface area contributed by atoms with E-state index < -0.39 is 0 Å². The summed E-state index contributed by atoms with van der Waals surface area (Å²) < 4.78 is 2.07. The third kappa shape index (κ3) is 6.75. The van der Waals surface area contributed by atoms with E-state index in [0.717, 1.165) is 54.8 Å². The average Bonchev–Trinajstić information content (AvgIpc) is 3.07. The lowest BCUT2D eigenvalue weighted by Crippen LogP contribution is -2.40. The highest BCUT2D eigenvalue weighted by molar-refractivity contribution is 14.0. The number of hydrogen-bond acceptors (Lipinski definition) is 3. The Hall–Kier alpha value is -1.35. The Balaban J connectivity index is 0.00000338. The van der Waals surface area contributed by atoms with Gasteiger partial charge in [0.1, 0.15) is 12.2 Å². The van der Waals surface area contributed by atoms with Crippen molar-refractivity contribution < 1.29 is 0 Å². The quantitative estimate of drug-likeness (QED) is 0.349. The SMILES string of the molecule is CCCN=C(NCCn1cnnc1CC)N(C)Cc1ccccc1Cl.I. The number of aryl methyl sites for hydroxylation is 1. The van der Waals surface area contributed by atoms with Gasteiger partial charge in [0.05, 0.1) is 0 Å². The van der Waals surface area contributed by atoms with E-state index in [1.165, 1.54) is 0 Å². The van der Waals surface area contributed by atoms with Crippen LogP contribution in [0.15, 0.2) is 35.6 Å². The molecule has 0 amide bonds. The number of rotatable bonds is 8. The Labute approximate surface area is 178 Å². The lowest BCUT2D eigenvalue weighted by molar-refractivity contribution is 0.470. The van der Waals surface area contributed by atoms with Crippen molar-refractivity contribution in [2.24, 2.45) is 4.99 Å². The van der Waals surface area contributed by atoms with Gasteiger partial charge in [-0.3, -0.25) is 4.99 Å². The minimum absolute atomic E-state index is 0. The van der Waals surface area contributed by atoms with Gasteiger partial charge < -0.3 is 14.8 Å². The topological polar surface area (TPSA) is 58.3 Å². The summed E-state index contributed by atoms with van der Waals surface area (Å²) in [6, 6.07) is 7.91. The Bertz CT molecular complexity index is 688. The van der Waals surface area contributed by atoms with E-state index in [9.17, 15) is 0 Å². The van der Waals surface area contributed by atoms with Gasteiger partial charge in [0.2, 0.25) is 0 Å². The number of nitrogens with one attached hydrogen (secondary N) is 1. The van der Waals surface area contributed by atoms with Crippen molar-refractivity contribution in [3.63, 3.8) is 0 Å². The van der Waals surface area contributed by atoms with Gasteiger partial charge in [-0.2, -0.15) is 0 Å². The van der Waals surface area contributed by atoms with Crippen LogP contribution in [-0.4, -0.2) is 45.8 Å². The van der Waals surface area contributed by atoms with Crippen molar-refractivity contribution in [1.82, 2.24) is 25.0 Å². The maximum absolute atomic E-state index is 6.28. The summed E-state index contributed by atoms with van der Waals surface area (Å²) in [5.41, 5.74) is 1.09. The molecule has 0 fully saturated rings. The lowest BCUT2D eigenvalue weighted by Gasteiger charge is -2.23. The molecule has 1 aromatic heterocycles. The highest BCUT2D eigenvalue weighted by atomic mass is 127. The fraction of sp³-hybridized carbons (Fsp3) is 0.500. The van der Waals surface area contributed by atoms with Gasteiger partial charge in [0.25, 0.3) is 0 Å². The van der Waals surface area contributed by atoms with Crippen molar-refractivity contribution in [2.75, 3.05) is 20.1 Å². The molecule has 0 atom stereocenters. The van der Waals surface area contributed by atoms with Crippen molar-refractivity contribution >= 4 is 41.5 Å². The van der Waals surface area contributed by atoms with Crippen LogP contribution in [0.3, 0.4) is 0 Å². The van der Waals surface area contributed by atoms with E-state index in [1.807, 2.05) is 31.3 Å². The Kier molecular flexibility index (Phi) is 10.6. The van der Waals surface area contributed by atoms with E-state index >= 15 is 0 Å². The zero-order valence-electron chi connectivity index (χ0n) is 15.7. The molecule has 26 heavy (non-hydrogen) atoms. The number of aliphatic imine (C=N–C) groups is 1. The van der Waals surface area contributed by atoms with Gasteiger partial charge >= 0.3 is 0 Å². The first kappa shape index (κ1) is 22.7. The van der Waals surface area contributed by atoms with Gasteiger partial charge in [-0.15, -0.1) is 34.2 Å². The van der Waals surface area contributed by atoms with E-state index in [-0.39, 0.29) is 24.0 Å². The molecule has 0 aliphatic heterocycles. The second-order valence-corrected chi connectivity index (χ2v) is 6.28. The molecule has 8 heteroatoms. The summed E-state index contributed by atoms with van der Waals surface area (Å²) in [6.07, 6.45) is 3.66. The van der Waals surface area contributed by atoms with Crippen molar-refractivity contribution in [1.29, 1.82) is 0 Å². The van der Waals surface area contributed by atoms with Gasteiger partial charge in [0, 0.05) is 44.7 Å². The Morgan fingerprint density at radius 2 is 2.08 bits per heavy atom. The third-order valence-corrected chi connectivity index (χ3v) is 4.23. The standard InChI is InChI=1S/C18H27ClN6.HI/c1-4-10-20-18(21-11-12-25-14-22-23-17(25)5-2)24(3)13-15-8-6-7-9-16(15)19;/h6-9,14H,4-5,10-13H2,1-3H3,(H,20,21);1H.